The minimum Gasteiger partial charge on any atom is -0.371 e. The third kappa shape index (κ3) is 1.59. The van der Waals surface area contributed by atoms with Gasteiger partial charge in [0.25, 0.3) is 0 Å². The smallest absolute Gasteiger partial charge is 0.0442 e. The predicted molar refractivity (Wildman–Crippen MR) is 67.6 cm³/mol. The lowest BCUT2D eigenvalue weighted by atomic mass is 9.97. The molecule has 0 aliphatic carbocycles. The summed E-state index contributed by atoms with van der Waals surface area (Å²) in [7, 11) is 0. The van der Waals surface area contributed by atoms with Gasteiger partial charge in [-0.25, -0.2) is 0 Å². The highest BCUT2D eigenvalue weighted by Crippen LogP contribution is 2.38. The molecule has 0 aromatic heterocycles. The lowest BCUT2D eigenvalue weighted by Crippen LogP contribution is -2.30. The summed E-state index contributed by atoms with van der Waals surface area (Å²) in [5.74, 6) is 0. The zero-order chi connectivity index (χ0) is 10.3. The van der Waals surface area contributed by atoms with Crippen LogP contribution in [0.4, 0.5) is 5.69 Å². The molecule has 0 N–H and O–H groups in total. The maximum atomic E-state index is 3.70. The van der Waals surface area contributed by atoms with E-state index in [0.29, 0.717) is 0 Å². The van der Waals surface area contributed by atoms with Crippen LogP contribution in [-0.4, -0.2) is 13.1 Å². The van der Waals surface area contributed by atoms with Crippen LogP contribution >= 0.6 is 15.9 Å². The van der Waals surface area contributed by atoms with E-state index in [0.717, 1.165) is 0 Å². The molecule has 0 atom stereocenters. The van der Waals surface area contributed by atoms with Gasteiger partial charge >= 0.3 is 0 Å². The molecule has 3 rings (SSSR count). The first-order valence-electron chi connectivity index (χ1n) is 5.91. The average molecular weight is 266 g/mol. The Hall–Kier alpha value is -0.500. The molecule has 0 fully saturated rings. The molecule has 0 unspecified atom stereocenters. The molecular formula is C13H16BrN. The Morgan fingerprint density at radius 1 is 1.00 bits per heavy atom. The van der Waals surface area contributed by atoms with E-state index < -0.39 is 0 Å². The Balaban J connectivity index is 2.19. The molecule has 80 valence electrons. The Kier molecular flexibility index (Phi) is 2.47. The van der Waals surface area contributed by atoms with Gasteiger partial charge in [0.15, 0.2) is 0 Å². The fourth-order valence-corrected chi connectivity index (χ4v) is 3.41. The Bertz CT molecular complexity index is 386. The summed E-state index contributed by atoms with van der Waals surface area (Å²) in [6.45, 7) is 2.52. The van der Waals surface area contributed by atoms with Crippen molar-refractivity contribution in [2.24, 2.45) is 0 Å². The van der Waals surface area contributed by atoms with Crippen LogP contribution < -0.4 is 4.90 Å². The second-order valence-electron chi connectivity index (χ2n) is 4.58. The molecule has 2 heterocycles. The van der Waals surface area contributed by atoms with Crippen molar-refractivity contribution >= 4 is 21.6 Å². The van der Waals surface area contributed by atoms with Crippen LogP contribution in [0.1, 0.15) is 30.4 Å². The normalized spacial score (nSPS) is 19.7. The molecule has 1 aromatic rings. The van der Waals surface area contributed by atoms with Gasteiger partial charge < -0.3 is 4.90 Å². The minimum absolute atomic E-state index is 1.25. The third-order valence-corrected chi connectivity index (χ3v) is 4.35. The maximum Gasteiger partial charge on any atom is 0.0442 e. The van der Waals surface area contributed by atoms with Crippen LogP contribution in [0.3, 0.4) is 0 Å². The number of anilines is 1. The van der Waals surface area contributed by atoms with Gasteiger partial charge in [-0.2, -0.15) is 0 Å². The van der Waals surface area contributed by atoms with Crippen LogP contribution in [0, 0.1) is 0 Å². The van der Waals surface area contributed by atoms with Crippen molar-refractivity contribution in [2.75, 3.05) is 18.0 Å². The number of rotatable bonds is 0. The molecule has 1 nitrogen and oxygen atoms in total. The number of nitrogens with zero attached hydrogens (tertiary/aromatic N) is 1. The molecule has 2 heteroatoms. The fraction of sp³-hybridized carbons (Fsp3) is 0.538. The van der Waals surface area contributed by atoms with Crippen molar-refractivity contribution in [1.29, 1.82) is 0 Å². The molecule has 0 saturated heterocycles. The number of aryl methyl sites for hydroxylation is 1. The molecule has 0 spiro atoms. The third-order valence-electron chi connectivity index (χ3n) is 3.60. The second kappa shape index (κ2) is 3.82. The lowest BCUT2D eigenvalue weighted by Gasteiger charge is -2.32. The van der Waals surface area contributed by atoms with Crippen molar-refractivity contribution in [2.45, 2.75) is 32.1 Å². The Morgan fingerprint density at radius 3 is 2.80 bits per heavy atom. The zero-order valence-electron chi connectivity index (χ0n) is 8.93. The Morgan fingerprint density at radius 2 is 1.87 bits per heavy atom. The molecule has 0 bridgehead atoms. The summed E-state index contributed by atoms with van der Waals surface area (Å²) < 4.78 is 1.31. The minimum atomic E-state index is 1.25. The fourth-order valence-electron chi connectivity index (χ4n) is 2.89. The Labute approximate surface area is 99.6 Å². The second-order valence-corrected chi connectivity index (χ2v) is 5.44. The first kappa shape index (κ1) is 9.71. The van der Waals surface area contributed by atoms with Gasteiger partial charge in [-0.15, -0.1) is 0 Å². The summed E-state index contributed by atoms with van der Waals surface area (Å²) in [4.78, 5) is 2.60. The first-order valence-corrected chi connectivity index (χ1v) is 6.71. The van der Waals surface area contributed by atoms with E-state index >= 15 is 0 Å². The van der Waals surface area contributed by atoms with E-state index in [1.54, 1.807) is 16.8 Å². The average Bonchev–Trinajstić information content (AvgIpc) is 2.48. The number of halogens is 1. The number of hydrogen-bond acceptors (Lipinski definition) is 1. The number of benzene rings is 1. The summed E-state index contributed by atoms with van der Waals surface area (Å²) in [5, 5.41) is 0. The zero-order valence-corrected chi connectivity index (χ0v) is 10.5. The van der Waals surface area contributed by atoms with E-state index in [4.69, 9.17) is 0 Å². The predicted octanol–water partition coefficient (Wildman–Crippen LogP) is 3.54. The molecular weight excluding hydrogens is 250 g/mol. The summed E-state index contributed by atoms with van der Waals surface area (Å²) in [5.41, 5.74) is 4.69. The van der Waals surface area contributed by atoms with Crippen molar-refractivity contribution in [3.05, 3.63) is 27.7 Å². The molecule has 0 amide bonds. The van der Waals surface area contributed by atoms with Gasteiger partial charge in [0.1, 0.15) is 0 Å². The quantitative estimate of drug-likeness (QED) is 0.694. The standard InChI is InChI=1S/C13H16BrN/c14-12-7-6-10-4-3-9-15-8-2-1-5-11(12)13(10)15/h6-7H,1-5,8-9H2. The van der Waals surface area contributed by atoms with E-state index in [2.05, 4.69) is 33.0 Å². The molecule has 0 radical (unpaired) electrons. The van der Waals surface area contributed by atoms with Crippen LogP contribution in [0.2, 0.25) is 0 Å². The highest BCUT2D eigenvalue weighted by atomic mass is 79.9. The lowest BCUT2D eigenvalue weighted by molar-refractivity contribution is 0.667. The van der Waals surface area contributed by atoms with Gasteiger partial charge in [-0.1, -0.05) is 22.0 Å². The van der Waals surface area contributed by atoms with Crippen LogP contribution in [0.25, 0.3) is 0 Å². The van der Waals surface area contributed by atoms with Crippen LogP contribution in [0.5, 0.6) is 0 Å². The van der Waals surface area contributed by atoms with Gasteiger partial charge in [-0.3, -0.25) is 0 Å². The monoisotopic (exact) mass is 265 g/mol. The number of hydrogen-bond donors (Lipinski definition) is 0. The summed E-state index contributed by atoms with van der Waals surface area (Å²) >= 11 is 3.70. The molecule has 15 heavy (non-hydrogen) atoms. The van der Waals surface area contributed by atoms with Gasteiger partial charge in [-0.05, 0) is 49.3 Å². The molecule has 1 aromatic carbocycles. The van der Waals surface area contributed by atoms with Crippen LogP contribution in [0.15, 0.2) is 16.6 Å². The largest absolute Gasteiger partial charge is 0.371 e. The maximum absolute atomic E-state index is 3.70. The van der Waals surface area contributed by atoms with Crippen LogP contribution in [-0.2, 0) is 12.8 Å². The topological polar surface area (TPSA) is 3.24 Å². The van der Waals surface area contributed by atoms with Crippen molar-refractivity contribution in [3.63, 3.8) is 0 Å². The van der Waals surface area contributed by atoms with Gasteiger partial charge in [0.2, 0.25) is 0 Å². The summed E-state index contributed by atoms with van der Waals surface area (Å²) in [6.07, 6.45) is 6.53. The van der Waals surface area contributed by atoms with Gasteiger partial charge in [0.05, 0.1) is 0 Å². The SMILES string of the molecule is Brc1ccc2c3c1CCCCN3CCC2. The van der Waals surface area contributed by atoms with Crippen molar-refractivity contribution in [1.82, 2.24) is 0 Å². The molecule has 2 aliphatic rings. The highest BCUT2D eigenvalue weighted by molar-refractivity contribution is 9.10. The van der Waals surface area contributed by atoms with E-state index in [-0.39, 0.29) is 0 Å². The molecule has 0 saturated carbocycles. The van der Waals surface area contributed by atoms with E-state index in [9.17, 15) is 0 Å². The highest BCUT2D eigenvalue weighted by Gasteiger charge is 2.23. The van der Waals surface area contributed by atoms with E-state index in [1.807, 2.05) is 0 Å². The summed E-state index contributed by atoms with van der Waals surface area (Å²) in [6, 6.07) is 4.55. The first-order chi connectivity index (χ1) is 7.36. The molecule has 2 aliphatic heterocycles. The van der Waals surface area contributed by atoms with Crippen molar-refractivity contribution in [3.8, 4) is 0 Å². The van der Waals surface area contributed by atoms with E-state index in [1.165, 1.54) is 49.7 Å². The van der Waals surface area contributed by atoms with Crippen molar-refractivity contribution < 1.29 is 0 Å². The van der Waals surface area contributed by atoms with Gasteiger partial charge in [0, 0.05) is 23.2 Å².